The van der Waals surface area contributed by atoms with Crippen LogP contribution >= 0.6 is 11.6 Å². The van der Waals surface area contributed by atoms with Crippen molar-refractivity contribution in [1.29, 1.82) is 0 Å². The Morgan fingerprint density at radius 1 is 1.35 bits per heavy atom. The number of benzene rings is 1. The maximum absolute atomic E-state index is 6.07. The van der Waals surface area contributed by atoms with Gasteiger partial charge in [0.15, 0.2) is 0 Å². The molecule has 0 aliphatic rings. The molecule has 2 rings (SSSR count). The van der Waals surface area contributed by atoms with Crippen molar-refractivity contribution in [1.82, 2.24) is 9.78 Å². The van der Waals surface area contributed by atoms with Crippen LogP contribution in [0.5, 0.6) is 0 Å². The summed E-state index contributed by atoms with van der Waals surface area (Å²) in [6, 6.07) is 8.11. The van der Waals surface area contributed by atoms with Gasteiger partial charge in [0.25, 0.3) is 0 Å². The van der Waals surface area contributed by atoms with Gasteiger partial charge < -0.3 is 5.73 Å². The molecule has 0 aliphatic heterocycles. The second kappa shape index (κ2) is 6.42. The van der Waals surface area contributed by atoms with Crippen LogP contribution in [0.4, 0.5) is 0 Å². The summed E-state index contributed by atoms with van der Waals surface area (Å²) < 4.78 is 2.04. The van der Waals surface area contributed by atoms with E-state index in [0.29, 0.717) is 0 Å². The smallest absolute Gasteiger partial charge is 0.0663 e. The fourth-order valence-electron chi connectivity index (χ4n) is 2.40. The van der Waals surface area contributed by atoms with Crippen LogP contribution in [0.2, 0.25) is 5.02 Å². The zero-order valence-electron chi connectivity index (χ0n) is 12.4. The molecule has 1 atom stereocenters. The number of hydrogen-bond acceptors (Lipinski definition) is 2. The molecule has 0 bridgehead atoms. The maximum atomic E-state index is 6.07. The second-order valence-corrected chi connectivity index (χ2v) is 5.75. The van der Waals surface area contributed by atoms with E-state index in [9.17, 15) is 0 Å². The molecular formula is C16H22ClN3. The minimum atomic E-state index is 0.205. The average Bonchev–Trinajstić information content (AvgIpc) is 2.66. The summed E-state index contributed by atoms with van der Waals surface area (Å²) in [7, 11) is 0. The molecule has 0 radical (unpaired) electrons. The lowest BCUT2D eigenvalue weighted by Crippen LogP contribution is -2.22. The Kier molecular flexibility index (Phi) is 4.84. The van der Waals surface area contributed by atoms with Crippen molar-refractivity contribution in [3.63, 3.8) is 0 Å². The summed E-state index contributed by atoms with van der Waals surface area (Å²) in [6.07, 6.45) is 1.88. The van der Waals surface area contributed by atoms with Gasteiger partial charge in [0.05, 0.1) is 12.2 Å². The van der Waals surface area contributed by atoms with Crippen molar-refractivity contribution >= 4 is 11.6 Å². The molecule has 2 N–H and O–H groups in total. The van der Waals surface area contributed by atoms with Crippen molar-refractivity contribution in [2.75, 3.05) is 0 Å². The molecule has 0 saturated heterocycles. The van der Waals surface area contributed by atoms with Crippen molar-refractivity contribution in [3.05, 3.63) is 51.8 Å². The van der Waals surface area contributed by atoms with E-state index in [1.807, 2.05) is 22.9 Å². The van der Waals surface area contributed by atoms with Gasteiger partial charge in [0.1, 0.15) is 0 Å². The van der Waals surface area contributed by atoms with Crippen LogP contribution in [0, 0.1) is 13.8 Å². The summed E-state index contributed by atoms with van der Waals surface area (Å²) >= 11 is 6.03. The molecule has 1 aromatic carbocycles. The molecule has 20 heavy (non-hydrogen) atoms. The van der Waals surface area contributed by atoms with E-state index in [2.05, 4.69) is 31.9 Å². The fraction of sp³-hybridized carbons (Fsp3) is 0.438. The minimum Gasteiger partial charge on any atom is -0.327 e. The van der Waals surface area contributed by atoms with E-state index in [1.165, 1.54) is 11.3 Å². The van der Waals surface area contributed by atoms with E-state index in [4.69, 9.17) is 17.3 Å². The molecule has 108 valence electrons. The molecule has 0 amide bonds. The summed E-state index contributed by atoms with van der Waals surface area (Å²) in [6.45, 7) is 7.03. The van der Waals surface area contributed by atoms with Crippen LogP contribution in [0.25, 0.3) is 0 Å². The predicted molar refractivity (Wildman–Crippen MR) is 84.2 cm³/mol. The van der Waals surface area contributed by atoms with Crippen molar-refractivity contribution in [2.45, 2.75) is 46.2 Å². The number of rotatable bonds is 5. The normalized spacial score (nSPS) is 12.7. The average molecular weight is 292 g/mol. The standard InChI is InChI=1S/C16H22ClN3/c1-4-15(18)9-16-11(2)19-20(12(16)3)10-13-6-5-7-14(17)8-13/h5-8,15H,4,9-10,18H2,1-3H3. The van der Waals surface area contributed by atoms with Crippen LogP contribution < -0.4 is 5.73 Å². The van der Waals surface area contributed by atoms with Crippen molar-refractivity contribution in [2.24, 2.45) is 5.73 Å². The molecule has 0 aliphatic carbocycles. The Morgan fingerprint density at radius 2 is 2.10 bits per heavy atom. The van der Waals surface area contributed by atoms with Crippen LogP contribution in [0.1, 0.15) is 35.9 Å². The van der Waals surface area contributed by atoms with Gasteiger partial charge in [-0.15, -0.1) is 0 Å². The topological polar surface area (TPSA) is 43.8 Å². The first-order valence-corrected chi connectivity index (χ1v) is 7.42. The van der Waals surface area contributed by atoms with Gasteiger partial charge in [0, 0.05) is 16.8 Å². The number of nitrogens with two attached hydrogens (primary N) is 1. The fourth-order valence-corrected chi connectivity index (χ4v) is 2.61. The Morgan fingerprint density at radius 3 is 2.75 bits per heavy atom. The minimum absolute atomic E-state index is 0.205. The molecule has 1 unspecified atom stereocenters. The summed E-state index contributed by atoms with van der Waals surface area (Å²) in [5.41, 5.74) is 10.8. The van der Waals surface area contributed by atoms with Gasteiger partial charge in [-0.1, -0.05) is 30.7 Å². The summed E-state index contributed by atoms with van der Waals surface area (Å²) in [4.78, 5) is 0. The molecular weight excluding hydrogens is 270 g/mol. The van der Waals surface area contributed by atoms with Gasteiger partial charge in [-0.05, 0) is 49.9 Å². The van der Waals surface area contributed by atoms with Gasteiger partial charge in [-0.2, -0.15) is 5.10 Å². The lowest BCUT2D eigenvalue weighted by atomic mass is 10.0. The Bertz CT molecular complexity index is 589. The van der Waals surface area contributed by atoms with Crippen molar-refractivity contribution < 1.29 is 0 Å². The van der Waals surface area contributed by atoms with Crippen molar-refractivity contribution in [3.8, 4) is 0 Å². The predicted octanol–water partition coefficient (Wildman–Crippen LogP) is 3.48. The van der Waals surface area contributed by atoms with E-state index < -0.39 is 0 Å². The third-order valence-electron chi connectivity index (χ3n) is 3.74. The summed E-state index contributed by atoms with van der Waals surface area (Å²) in [5, 5.41) is 5.40. The monoisotopic (exact) mass is 291 g/mol. The number of hydrogen-bond donors (Lipinski definition) is 1. The molecule has 2 aromatic rings. The summed E-state index contributed by atoms with van der Waals surface area (Å²) in [5.74, 6) is 0. The lowest BCUT2D eigenvalue weighted by Gasteiger charge is -2.09. The van der Waals surface area contributed by atoms with Gasteiger partial charge in [0.2, 0.25) is 0 Å². The molecule has 0 saturated carbocycles. The largest absolute Gasteiger partial charge is 0.327 e. The van der Waals surface area contributed by atoms with Crippen LogP contribution in [-0.4, -0.2) is 15.8 Å². The zero-order valence-corrected chi connectivity index (χ0v) is 13.1. The van der Waals surface area contributed by atoms with E-state index in [1.54, 1.807) is 0 Å². The highest BCUT2D eigenvalue weighted by molar-refractivity contribution is 6.30. The van der Waals surface area contributed by atoms with Gasteiger partial charge in [-0.3, -0.25) is 4.68 Å². The van der Waals surface area contributed by atoms with E-state index in [-0.39, 0.29) is 6.04 Å². The molecule has 0 spiro atoms. The van der Waals surface area contributed by atoms with Gasteiger partial charge in [-0.25, -0.2) is 0 Å². The maximum Gasteiger partial charge on any atom is 0.0663 e. The zero-order chi connectivity index (χ0) is 14.7. The van der Waals surface area contributed by atoms with E-state index >= 15 is 0 Å². The van der Waals surface area contributed by atoms with Crippen LogP contribution in [0.15, 0.2) is 24.3 Å². The molecule has 1 aromatic heterocycles. The quantitative estimate of drug-likeness (QED) is 0.916. The third kappa shape index (κ3) is 3.41. The van der Waals surface area contributed by atoms with Crippen LogP contribution in [-0.2, 0) is 13.0 Å². The lowest BCUT2D eigenvalue weighted by molar-refractivity contribution is 0.636. The highest BCUT2D eigenvalue weighted by Gasteiger charge is 2.14. The highest BCUT2D eigenvalue weighted by atomic mass is 35.5. The Hall–Kier alpha value is -1.32. The Labute approximate surface area is 125 Å². The number of halogens is 1. The number of aryl methyl sites for hydroxylation is 1. The molecule has 4 heteroatoms. The number of aromatic nitrogens is 2. The first-order valence-electron chi connectivity index (χ1n) is 7.04. The third-order valence-corrected chi connectivity index (χ3v) is 3.98. The first-order chi connectivity index (χ1) is 9.51. The second-order valence-electron chi connectivity index (χ2n) is 5.31. The van der Waals surface area contributed by atoms with Crippen LogP contribution in [0.3, 0.4) is 0 Å². The number of nitrogens with zero attached hydrogens (tertiary/aromatic N) is 2. The molecule has 0 fully saturated rings. The Balaban J connectivity index is 2.23. The van der Waals surface area contributed by atoms with E-state index in [0.717, 1.165) is 35.7 Å². The molecule has 1 heterocycles. The molecule has 3 nitrogen and oxygen atoms in total. The SMILES string of the molecule is CCC(N)Cc1c(C)nn(Cc2cccc(Cl)c2)c1C. The highest BCUT2D eigenvalue weighted by Crippen LogP contribution is 2.18. The van der Waals surface area contributed by atoms with Gasteiger partial charge >= 0.3 is 0 Å². The first kappa shape index (κ1) is 15.1.